The summed E-state index contributed by atoms with van der Waals surface area (Å²) in [5.41, 5.74) is -0.211. The Bertz CT molecular complexity index is 400. The van der Waals surface area contributed by atoms with Gasteiger partial charge in [-0.25, -0.2) is 4.39 Å². The molecule has 0 aliphatic heterocycles. The van der Waals surface area contributed by atoms with Crippen LogP contribution in [0.15, 0.2) is 29.2 Å². The predicted octanol–water partition coefficient (Wildman–Crippen LogP) is 3.84. The summed E-state index contributed by atoms with van der Waals surface area (Å²) in [7, 11) is 0. The number of nitrogens with one attached hydrogen (secondary N) is 1. The highest BCUT2D eigenvalue weighted by Gasteiger charge is 2.22. The smallest absolute Gasteiger partial charge is 0.136 e. The highest BCUT2D eigenvalue weighted by Crippen LogP contribution is 2.23. The van der Waals surface area contributed by atoms with Crippen molar-refractivity contribution in [3.63, 3.8) is 0 Å². The molecule has 1 atom stereocenters. The lowest BCUT2D eigenvalue weighted by Crippen LogP contribution is -2.49. The second-order valence-electron chi connectivity index (χ2n) is 5.75. The second kappa shape index (κ2) is 8.65. The molecule has 1 aromatic rings. The molecule has 0 aliphatic carbocycles. The number of rotatable bonds is 9. The summed E-state index contributed by atoms with van der Waals surface area (Å²) in [6.07, 6.45) is 2.98. The van der Waals surface area contributed by atoms with Crippen LogP contribution in [-0.4, -0.2) is 29.0 Å². The summed E-state index contributed by atoms with van der Waals surface area (Å²) >= 11 is 1.56. The minimum absolute atomic E-state index is 0.140. The average Bonchev–Trinajstić information content (AvgIpc) is 2.39. The van der Waals surface area contributed by atoms with Crippen molar-refractivity contribution in [3.8, 4) is 0 Å². The summed E-state index contributed by atoms with van der Waals surface area (Å²) in [6, 6.07) is 7.25. The number of halogens is 1. The van der Waals surface area contributed by atoms with Crippen LogP contribution in [0.1, 0.15) is 40.0 Å². The van der Waals surface area contributed by atoms with Crippen LogP contribution in [0.2, 0.25) is 0 Å². The van der Waals surface area contributed by atoms with E-state index in [0.29, 0.717) is 6.04 Å². The Morgan fingerprint density at radius 1 is 1.30 bits per heavy atom. The first-order chi connectivity index (χ1) is 9.47. The van der Waals surface area contributed by atoms with Crippen molar-refractivity contribution in [3.05, 3.63) is 30.1 Å². The van der Waals surface area contributed by atoms with E-state index in [1.807, 2.05) is 12.1 Å². The third-order valence-electron chi connectivity index (χ3n) is 3.20. The van der Waals surface area contributed by atoms with Gasteiger partial charge in [-0.2, -0.15) is 0 Å². The third kappa shape index (κ3) is 6.25. The number of thioether (sulfide) groups is 1. The Kier molecular flexibility index (Phi) is 7.56. The van der Waals surface area contributed by atoms with E-state index in [2.05, 4.69) is 26.1 Å². The lowest BCUT2D eigenvalue weighted by Gasteiger charge is -2.31. The fourth-order valence-corrected chi connectivity index (χ4v) is 3.20. The van der Waals surface area contributed by atoms with E-state index in [-0.39, 0.29) is 18.0 Å². The molecule has 20 heavy (non-hydrogen) atoms. The van der Waals surface area contributed by atoms with Crippen LogP contribution in [0.3, 0.4) is 0 Å². The summed E-state index contributed by atoms with van der Waals surface area (Å²) in [4.78, 5) is 0.720. The highest BCUT2D eigenvalue weighted by atomic mass is 32.2. The topological polar surface area (TPSA) is 32.3 Å². The molecule has 0 heterocycles. The standard InChI is InChI=1S/C16H26FNOS/c1-13(2)18-16(3,12-19)10-6-7-11-20-15-9-5-4-8-14(15)17/h4-5,8-9,13,18-19H,6-7,10-12H2,1-3H3. The lowest BCUT2D eigenvalue weighted by atomic mass is 9.95. The Hall–Kier alpha value is -0.580. The maximum atomic E-state index is 13.4. The van der Waals surface area contributed by atoms with Crippen LogP contribution in [0.4, 0.5) is 4.39 Å². The van der Waals surface area contributed by atoms with Gasteiger partial charge in [-0.05, 0) is 37.7 Å². The first-order valence-electron chi connectivity index (χ1n) is 7.23. The molecule has 0 radical (unpaired) electrons. The zero-order valence-electron chi connectivity index (χ0n) is 12.7. The quantitative estimate of drug-likeness (QED) is 0.537. The largest absolute Gasteiger partial charge is 0.394 e. The van der Waals surface area contributed by atoms with Crippen molar-refractivity contribution in [2.24, 2.45) is 0 Å². The third-order valence-corrected chi connectivity index (χ3v) is 4.34. The van der Waals surface area contributed by atoms with Crippen molar-refractivity contribution >= 4 is 11.8 Å². The molecule has 0 spiro atoms. The molecule has 2 nitrogen and oxygen atoms in total. The number of hydrogen-bond donors (Lipinski definition) is 2. The number of benzene rings is 1. The first-order valence-corrected chi connectivity index (χ1v) is 8.21. The maximum absolute atomic E-state index is 13.4. The minimum atomic E-state index is -0.211. The van der Waals surface area contributed by atoms with E-state index in [1.54, 1.807) is 17.8 Å². The van der Waals surface area contributed by atoms with Gasteiger partial charge in [0, 0.05) is 16.5 Å². The molecule has 1 rings (SSSR count). The van der Waals surface area contributed by atoms with Gasteiger partial charge in [0.1, 0.15) is 5.82 Å². The second-order valence-corrected chi connectivity index (χ2v) is 6.89. The first kappa shape index (κ1) is 17.5. The van der Waals surface area contributed by atoms with Crippen molar-refractivity contribution in [2.75, 3.05) is 12.4 Å². The highest BCUT2D eigenvalue weighted by molar-refractivity contribution is 7.99. The van der Waals surface area contributed by atoms with Gasteiger partial charge in [0.05, 0.1) is 6.61 Å². The molecule has 0 aromatic heterocycles. The Labute approximate surface area is 126 Å². The number of aliphatic hydroxyl groups is 1. The van der Waals surface area contributed by atoms with E-state index >= 15 is 0 Å². The SMILES string of the molecule is CC(C)NC(C)(CO)CCCCSc1ccccc1F. The summed E-state index contributed by atoms with van der Waals surface area (Å²) < 4.78 is 13.4. The number of hydrogen-bond acceptors (Lipinski definition) is 3. The van der Waals surface area contributed by atoms with E-state index in [9.17, 15) is 9.50 Å². The van der Waals surface area contributed by atoms with Crippen molar-refractivity contribution < 1.29 is 9.50 Å². The normalized spacial score (nSPS) is 14.5. The monoisotopic (exact) mass is 299 g/mol. The molecule has 114 valence electrons. The van der Waals surface area contributed by atoms with Gasteiger partial charge in [0.15, 0.2) is 0 Å². The molecule has 4 heteroatoms. The van der Waals surface area contributed by atoms with Gasteiger partial charge in [-0.3, -0.25) is 0 Å². The molecule has 0 amide bonds. The molecule has 1 unspecified atom stereocenters. The predicted molar refractivity (Wildman–Crippen MR) is 84.7 cm³/mol. The van der Waals surface area contributed by atoms with Crippen molar-refractivity contribution in [1.82, 2.24) is 5.32 Å². The van der Waals surface area contributed by atoms with Crippen LogP contribution in [0.25, 0.3) is 0 Å². The Morgan fingerprint density at radius 3 is 2.60 bits per heavy atom. The van der Waals surface area contributed by atoms with Crippen LogP contribution < -0.4 is 5.32 Å². The molecule has 0 fully saturated rings. The molecular formula is C16H26FNOS. The van der Waals surface area contributed by atoms with E-state index in [4.69, 9.17) is 0 Å². The number of unbranched alkanes of at least 4 members (excludes halogenated alkanes) is 1. The van der Waals surface area contributed by atoms with Gasteiger partial charge in [0.25, 0.3) is 0 Å². The Morgan fingerprint density at radius 2 is 2.00 bits per heavy atom. The van der Waals surface area contributed by atoms with E-state index in [1.165, 1.54) is 6.07 Å². The van der Waals surface area contributed by atoms with E-state index < -0.39 is 0 Å². The van der Waals surface area contributed by atoms with Crippen LogP contribution in [0.5, 0.6) is 0 Å². The molecule has 0 aliphatic rings. The summed E-state index contributed by atoms with van der Waals surface area (Å²) in [5, 5.41) is 12.9. The molecule has 1 aromatic carbocycles. The van der Waals surface area contributed by atoms with Crippen LogP contribution in [0, 0.1) is 5.82 Å². The van der Waals surface area contributed by atoms with Gasteiger partial charge >= 0.3 is 0 Å². The van der Waals surface area contributed by atoms with Crippen LogP contribution in [-0.2, 0) is 0 Å². The lowest BCUT2D eigenvalue weighted by molar-refractivity contribution is 0.154. The Balaban J connectivity index is 2.26. The minimum Gasteiger partial charge on any atom is -0.394 e. The van der Waals surface area contributed by atoms with Gasteiger partial charge in [-0.15, -0.1) is 11.8 Å². The maximum Gasteiger partial charge on any atom is 0.136 e. The fourth-order valence-electron chi connectivity index (χ4n) is 2.25. The fraction of sp³-hybridized carbons (Fsp3) is 0.625. The summed E-state index contributed by atoms with van der Waals surface area (Å²) in [6.45, 7) is 6.37. The van der Waals surface area contributed by atoms with Crippen LogP contribution >= 0.6 is 11.8 Å². The van der Waals surface area contributed by atoms with Gasteiger partial charge in [-0.1, -0.05) is 32.4 Å². The van der Waals surface area contributed by atoms with Gasteiger partial charge in [0.2, 0.25) is 0 Å². The van der Waals surface area contributed by atoms with Crippen molar-refractivity contribution in [1.29, 1.82) is 0 Å². The zero-order chi connectivity index (χ0) is 15.0. The van der Waals surface area contributed by atoms with Gasteiger partial charge < -0.3 is 10.4 Å². The van der Waals surface area contributed by atoms with Crippen molar-refractivity contribution in [2.45, 2.75) is 56.5 Å². The molecule has 0 saturated carbocycles. The zero-order valence-corrected chi connectivity index (χ0v) is 13.5. The molecular weight excluding hydrogens is 273 g/mol. The molecule has 0 saturated heterocycles. The number of aliphatic hydroxyl groups excluding tert-OH is 1. The summed E-state index contributed by atoms with van der Waals surface area (Å²) in [5.74, 6) is 0.767. The molecule has 0 bridgehead atoms. The average molecular weight is 299 g/mol. The molecule has 2 N–H and O–H groups in total. The van der Waals surface area contributed by atoms with E-state index in [0.717, 1.165) is 29.9 Å².